The summed E-state index contributed by atoms with van der Waals surface area (Å²) in [6.45, 7) is 0. The largest absolute Gasteiger partial charge is 0.335 e. The number of fused-ring (bicyclic) bond motifs is 2. The first-order valence-electron chi connectivity index (χ1n) is 12.5. The number of carbonyl (C=O) groups excluding carboxylic acids is 1. The van der Waals surface area contributed by atoms with E-state index in [4.69, 9.17) is 0 Å². The first-order valence-corrected chi connectivity index (χ1v) is 13.4. The Morgan fingerprint density at radius 1 is 1.00 bits per heavy atom. The number of aromatic nitrogens is 6. The van der Waals surface area contributed by atoms with Crippen molar-refractivity contribution in [2.45, 2.75) is 6.42 Å². The summed E-state index contributed by atoms with van der Waals surface area (Å²) < 4.78 is 15.3. The van der Waals surface area contributed by atoms with Crippen LogP contribution < -0.4 is 5.32 Å². The summed E-state index contributed by atoms with van der Waals surface area (Å²) >= 11 is 1.61. The summed E-state index contributed by atoms with van der Waals surface area (Å²) in [6, 6.07) is 18.5. The highest BCUT2D eigenvalue weighted by Gasteiger charge is 2.18. The smallest absolute Gasteiger partial charge is 0.228 e. The average molecular weight is 546 g/mol. The minimum absolute atomic E-state index is 0.163. The number of halogens is 1. The minimum atomic E-state index is -0.485. The third kappa shape index (κ3) is 4.40. The number of hydrogen-bond acceptors (Lipinski definition) is 6. The molecule has 5 aromatic heterocycles. The molecule has 8 nitrogen and oxygen atoms in total. The normalized spacial score (nSPS) is 11.3. The molecule has 0 fully saturated rings. The molecule has 0 unspecified atom stereocenters. The molecule has 0 bridgehead atoms. The first-order chi connectivity index (χ1) is 19.6. The lowest BCUT2D eigenvalue weighted by Gasteiger charge is -2.08. The molecule has 5 heterocycles. The monoisotopic (exact) mass is 545 g/mol. The third-order valence-electron chi connectivity index (χ3n) is 6.64. The van der Waals surface area contributed by atoms with E-state index in [1.54, 1.807) is 36.0 Å². The quantitative estimate of drug-likeness (QED) is 0.218. The van der Waals surface area contributed by atoms with Crippen molar-refractivity contribution in [2.24, 2.45) is 0 Å². The second kappa shape index (κ2) is 9.83. The lowest BCUT2D eigenvalue weighted by molar-refractivity contribution is -0.115. The summed E-state index contributed by atoms with van der Waals surface area (Å²) in [5.74, 6) is -0.143. The van der Waals surface area contributed by atoms with E-state index in [0.717, 1.165) is 22.2 Å². The van der Waals surface area contributed by atoms with Gasteiger partial charge < -0.3 is 10.3 Å². The maximum absolute atomic E-state index is 15.3. The van der Waals surface area contributed by atoms with Crippen LogP contribution in [0.3, 0.4) is 0 Å². The third-order valence-corrected chi connectivity index (χ3v) is 7.32. The van der Waals surface area contributed by atoms with E-state index in [1.165, 1.54) is 6.07 Å². The number of benzene rings is 2. The number of imidazole rings is 1. The number of pyridine rings is 2. The Bertz CT molecular complexity index is 2000. The van der Waals surface area contributed by atoms with Gasteiger partial charge in [0.1, 0.15) is 11.2 Å². The number of hydrogen-bond donors (Lipinski definition) is 3. The fraction of sp³-hybridized carbons (Fsp3) is 0.0333. The molecule has 194 valence electrons. The van der Waals surface area contributed by atoms with Gasteiger partial charge in [-0.05, 0) is 57.8 Å². The molecule has 7 aromatic rings. The predicted octanol–water partition coefficient (Wildman–Crippen LogP) is 6.61. The van der Waals surface area contributed by atoms with E-state index in [-0.39, 0.29) is 17.8 Å². The maximum Gasteiger partial charge on any atom is 0.228 e. The summed E-state index contributed by atoms with van der Waals surface area (Å²) in [6.07, 6.45) is 5.16. The van der Waals surface area contributed by atoms with Gasteiger partial charge in [0.15, 0.2) is 17.3 Å². The van der Waals surface area contributed by atoms with Crippen LogP contribution in [-0.4, -0.2) is 36.0 Å². The van der Waals surface area contributed by atoms with E-state index in [1.807, 2.05) is 53.9 Å². The van der Waals surface area contributed by atoms with Crippen LogP contribution in [0, 0.1) is 5.82 Å². The Labute approximate surface area is 231 Å². The SMILES string of the molecule is O=C(Cc1ccccc1)Nc1cncc(-c2cc(F)c3n[nH]c(-c4nc5nccc(-c6ccsc6)c5[nH]4)c3c2)c1. The molecule has 0 saturated carbocycles. The Balaban J connectivity index is 1.24. The van der Waals surface area contributed by atoms with Gasteiger partial charge in [0, 0.05) is 28.9 Å². The van der Waals surface area contributed by atoms with Gasteiger partial charge in [-0.15, -0.1) is 0 Å². The standard InChI is InChI=1S/C30H20FN7OS/c31-24-13-19(20-11-21(15-32-14-20)34-25(39)10-17-4-2-1-3-5-17)12-23-26(24)37-38-28(23)30-35-27-22(18-7-9-40-16-18)6-8-33-29(27)36-30/h1-9,11-16H,10H2,(H,34,39)(H,37,38)(H,33,35,36). The molecule has 1 amide bonds. The zero-order chi connectivity index (χ0) is 27.1. The van der Waals surface area contributed by atoms with E-state index < -0.39 is 5.82 Å². The molecule has 10 heteroatoms. The molecule has 2 aromatic carbocycles. The number of aromatic amines is 2. The Morgan fingerprint density at radius 2 is 1.90 bits per heavy atom. The summed E-state index contributed by atoms with van der Waals surface area (Å²) in [5, 5.41) is 14.7. The van der Waals surface area contributed by atoms with Crippen molar-refractivity contribution >= 4 is 45.0 Å². The van der Waals surface area contributed by atoms with E-state index in [0.29, 0.717) is 39.4 Å². The summed E-state index contributed by atoms with van der Waals surface area (Å²) in [4.78, 5) is 29.3. The molecule has 0 atom stereocenters. The van der Waals surface area contributed by atoms with E-state index in [2.05, 4.69) is 40.8 Å². The fourth-order valence-corrected chi connectivity index (χ4v) is 5.42. The van der Waals surface area contributed by atoms with Crippen molar-refractivity contribution in [3.63, 3.8) is 0 Å². The minimum Gasteiger partial charge on any atom is -0.335 e. The Morgan fingerprint density at radius 3 is 2.75 bits per heavy atom. The first kappa shape index (κ1) is 23.9. The van der Waals surface area contributed by atoms with Crippen LogP contribution in [0.4, 0.5) is 10.1 Å². The van der Waals surface area contributed by atoms with Gasteiger partial charge in [-0.25, -0.2) is 14.4 Å². The molecule has 0 saturated heterocycles. The lowest BCUT2D eigenvalue weighted by Crippen LogP contribution is -2.14. The second-order valence-electron chi connectivity index (χ2n) is 9.28. The zero-order valence-electron chi connectivity index (χ0n) is 20.9. The number of nitrogens with one attached hydrogen (secondary N) is 3. The molecule has 0 radical (unpaired) electrons. The number of rotatable bonds is 6. The molecule has 0 aliphatic heterocycles. The summed E-state index contributed by atoms with van der Waals surface area (Å²) in [5.41, 5.74) is 6.82. The van der Waals surface area contributed by atoms with Gasteiger partial charge in [0.25, 0.3) is 0 Å². The Kier molecular flexibility index (Phi) is 5.86. The van der Waals surface area contributed by atoms with Gasteiger partial charge in [-0.1, -0.05) is 30.3 Å². The maximum atomic E-state index is 15.3. The van der Waals surface area contributed by atoms with Gasteiger partial charge in [-0.3, -0.25) is 14.9 Å². The predicted molar refractivity (Wildman–Crippen MR) is 154 cm³/mol. The van der Waals surface area contributed by atoms with Crippen molar-refractivity contribution in [1.29, 1.82) is 0 Å². The molecule has 3 N–H and O–H groups in total. The molecule has 0 aliphatic carbocycles. The van der Waals surface area contributed by atoms with Crippen molar-refractivity contribution in [3.8, 4) is 33.8 Å². The highest BCUT2D eigenvalue weighted by atomic mass is 32.1. The van der Waals surface area contributed by atoms with Crippen LogP contribution in [-0.2, 0) is 11.2 Å². The van der Waals surface area contributed by atoms with Crippen LogP contribution in [0.2, 0.25) is 0 Å². The highest BCUT2D eigenvalue weighted by molar-refractivity contribution is 7.08. The second-order valence-corrected chi connectivity index (χ2v) is 10.1. The number of amides is 1. The van der Waals surface area contributed by atoms with Crippen molar-refractivity contribution in [1.82, 2.24) is 30.1 Å². The summed E-state index contributed by atoms with van der Waals surface area (Å²) in [7, 11) is 0. The molecular formula is C30H20FN7OS. The number of anilines is 1. The highest BCUT2D eigenvalue weighted by Crippen LogP contribution is 2.34. The number of H-pyrrole nitrogens is 2. The van der Waals surface area contributed by atoms with Gasteiger partial charge in [-0.2, -0.15) is 16.4 Å². The van der Waals surface area contributed by atoms with Crippen LogP contribution in [0.15, 0.2) is 90.0 Å². The van der Waals surface area contributed by atoms with E-state index >= 15 is 4.39 Å². The van der Waals surface area contributed by atoms with E-state index in [9.17, 15) is 4.79 Å². The van der Waals surface area contributed by atoms with Crippen LogP contribution >= 0.6 is 11.3 Å². The zero-order valence-corrected chi connectivity index (χ0v) is 21.7. The topological polar surface area (TPSA) is 112 Å². The van der Waals surface area contributed by atoms with Gasteiger partial charge >= 0.3 is 0 Å². The lowest BCUT2D eigenvalue weighted by atomic mass is 10.0. The van der Waals surface area contributed by atoms with Gasteiger partial charge in [0.05, 0.1) is 23.8 Å². The Hall–Kier alpha value is -5.22. The van der Waals surface area contributed by atoms with Crippen molar-refractivity contribution in [3.05, 3.63) is 101 Å². The van der Waals surface area contributed by atoms with Crippen LogP contribution in [0.5, 0.6) is 0 Å². The molecular weight excluding hydrogens is 525 g/mol. The van der Waals surface area contributed by atoms with Crippen molar-refractivity contribution < 1.29 is 9.18 Å². The molecule has 0 aliphatic rings. The van der Waals surface area contributed by atoms with Crippen LogP contribution in [0.25, 0.3) is 55.8 Å². The molecule has 40 heavy (non-hydrogen) atoms. The fourth-order valence-electron chi connectivity index (χ4n) is 4.76. The number of carbonyl (C=O) groups is 1. The van der Waals surface area contributed by atoms with Crippen LogP contribution in [0.1, 0.15) is 5.56 Å². The van der Waals surface area contributed by atoms with Crippen molar-refractivity contribution in [2.75, 3.05) is 5.32 Å². The number of thiophene rings is 1. The number of nitrogens with zero attached hydrogens (tertiary/aromatic N) is 4. The van der Waals surface area contributed by atoms with Gasteiger partial charge in [0.2, 0.25) is 5.91 Å². The molecule has 0 spiro atoms. The molecule has 7 rings (SSSR count). The average Bonchev–Trinajstić information content (AvgIpc) is 3.73.